The van der Waals surface area contributed by atoms with Crippen LogP contribution in [0.5, 0.6) is 5.75 Å². The van der Waals surface area contributed by atoms with Crippen LogP contribution in [0, 0.1) is 6.92 Å². The van der Waals surface area contributed by atoms with Crippen LogP contribution in [-0.4, -0.2) is 17.0 Å². The number of carbonyl (C=O) groups excluding carboxylic acids is 2. The molecule has 5 N–H and O–H groups in total. The summed E-state index contributed by atoms with van der Waals surface area (Å²) in [6.45, 7) is 1.80. The van der Waals surface area contributed by atoms with Gasteiger partial charge in [0.25, 0.3) is 0 Å². The molecule has 0 saturated heterocycles. The fraction of sp³-hybridized carbons (Fsp3) is 0.0667. The molecule has 0 atom stereocenters. The molecule has 2 rings (SSSR count). The van der Waals surface area contributed by atoms with Gasteiger partial charge >= 0.3 is 11.9 Å². The molecule has 0 spiro atoms. The Balaban J connectivity index is 2.18. The lowest BCUT2D eigenvalue weighted by atomic mass is 10.1. The predicted molar refractivity (Wildman–Crippen MR) is 77.9 cm³/mol. The second kappa shape index (κ2) is 5.54. The molecule has 2 aromatic carbocycles. The zero-order chi connectivity index (χ0) is 15.6. The van der Waals surface area contributed by atoms with Crippen molar-refractivity contribution in [3.05, 3.63) is 53.1 Å². The number of phenols is 1. The van der Waals surface area contributed by atoms with Gasteiger partial charge in [0.15, 0.2) is 0 Å². The lowest BCUT2D eigenvalue weighted by Gasteiger charge is -2.06. The summed E-state index contributed by atoms with van der Waals surface area (Å²) >= 11 is 0. The van der Waals surface area contributed by atoms with Crippen LogP contribution in [0.15, 0.2) is 36.4 Å². The Kier molecular flexibility index (Phi) is 3.80. The van der Waals surface area contributed by atoms with Gasteiger partial charge in [0, 0.05) is 17.4 Å². The van der Waals surface area contributed by atoms with E-state index in [0.29, 0.717) is 5.69 Å². The molecule has 0 unspecified atom stereocenters. The number of anilines is 2. The number of phenolic OH excluding ortho intramolecular Hbond substituents is 1. The van der Waals surface area contributed by atoms with Gasteiger partial charge in [0.1, 0.15) is 5.75 Å². The van der Waals surface area contributed by atoms with Crippen LogP contribution < -0.4 is 11.5 Å². The summed E-state index contributed by atoms with van der Waals surface area (Å²) in [5.41, 5.74) is 12.8. The van der Waals surface area contributed by atoms with E-state index in [9.17, 15) is 14.7 Å². The maximum Gasteiger partial charge on any atom is 0.346 e. The molecule has 0 radical (unpaired) electrons. The third-order valence-corrected chi connectivity index (χ3v) is 2.88. The fourth-order valence-corrected chi connectivity index (χ4v) is 1.72. The Labute approximate surface area is 120 Å². The van der Waals surface area contributed by atoms with Gasteiger partial charge in [0.05, 0.1) is 11.1 Å². The molecular weight excluding hydrogens is 272 g/mol. The van der Waals surface area contributed by atoms with Crippen LogP contribution in [-0.2, 0) is 4.74 Å². The number of ether oxygens (including phenoxy) is 1. The van der Waals surface area contributed by atoms with Gasteiger partial charge in [-0.25, -0.2) is 9.59 Å². The number of aromatic hydroxyl groups is 1. The number of hydrogen-bond acceptors (Lipinski definition) is 6. The Bertz CT molecular complexity index is 705. The molecule has 0 aromatic heterocycles. The van der Waals surface area contributed by atoms with Crippen molar-refractivity contribution in [2.75, 3.05) is 11.5 Å². The first-order valence-corrected chi connectivity index (χ1v) is 6.09. The lowest BCUT2D eigenvalue weighted by molar-refractivity contribution is 0.0397. The molecule has 0 aliphatic heterocycles. The number of nitrogen functional groups attached to an aromatic ring is 2. The van der Waals surface area contributed by atoms with Gasteiger partial charge in [-0.3, -0.25) is 0 Å². The maximum atomic E-state index is 11.9. The van der Waals surface area contributed by atoms with Crippen LogP contribution in [0.4, 0.5) is 11.4 Å². The van der Waals surface area contributed by atoms with E-state index >= 15 is 0 Å². The SMILES string of the molecule is Cc1ccc(C(=O)OC(=O)c2cc(N)cc(O)c2)cc1N. The highest BCUT2D eigenvalue weighted by atomic mass is 16.6. The van der Waals surface area contributed by atoms with Crippen LogP contribution in [0.1, 0.15) is 26.3 Å². The average Bonchev–Trinajstić information content (AvgIpc) is 2.40. The highest BCUT2D eigenvalue weighted by Crippen LogP contribution is 2.19. The van der Waals surface area contributed by atoms with Crippen molar-refractivity contribution < 1.29 is 19.4 Å². The summed E-state index contributed by atoms with van der Waals surface area (Å²) in [6.07, 6.45) is 0. The average molecular weight is 286 g/mol. The molecular formula is C15H14N2O4. The molecule has 6 nitrogen and oxygen atoms in total. The summed E-state index contributed by atoms with van der Waals surface area (Å²) in [7, 11) is 0. The molecule has 21 heavy (non-hydrogen) atoms. The van der Waals surface area contributed by atoms with Gasteiger partial charge in [-0.15, -0.1) is 0 Å². The number of nitrogens with two attached hydrogens (primary N) is 2. The highest BCUT2D eigenvalue weighted by molar-refractivity contribution is 6.03. The molecule has 0 heterocycles. The summed E-state index contributed by atoms with van der Waals surface area (Å²) in [5, 5.41) is 9.37. The molecule has 2 aromatic rings. The number of hydrogen-bond donors (Lipinski definition) is 3. The lowest BCUT2D eigenvalue weighted by Crippen LogP contribution is -2.13. The van der Waals surface area contributed by atoms with Gasteiger partial charge < -0.3 is 21.3 Å². The molecule has 0 bridgehead atoms. The Morgan fingerprint density at radius 3 is 2.29 bits per heavy atom. The Morgan fingerprint density at radius 1 is 1.00 bits per heavy atom. The highest BCUT2D eigenvalue weighted by Gasteiger charge is 2.16. The summed E-state index contributed by atoms with van der Waals surface area (Å²) < 4.78 is 4.73. The minimum absolute atomic E-state index is 0.0130. The molecule has 0 aliphatic carbocycles. The number of carbonyl (C=O) groups is 2. The topological polar surface area (TPSA) is 116 Å². The summed E-state index contributed by atoms with van der Waals surface area (Å²) in [4.78, 5) is 23.7. The largest absolute Gasteiger partial charge is 0.508 e. The first-order valence-electron chi connectivity index (χ1n) is 6.09. The van der Waals surface area contributed by atoms with E-state index in [1.165, 1.54) is 24.3 Å². The number of aryl methyl sites for hydroxylation is 1. The Hall–Kier alpha value is -3.02. The third-order valence-electron chi connectivity index (χ3n) is 2.88. The number of benzene rings is 2. The zero-order valence-corrected chi connectivity index (χ0v) is 11.3. The van der Waals surface area contributed by atoms with Gasteiger partial charge in [-0.05, 0) is 36.8 Å². The van der Waals surface area contributed by atoms with Crippen LogP contribution >= 0.6 is 0 Å². The van der Waals surface area contributed by atoms with Crippen molar-refractivity contribution in [3.8, 4) is 5.75 Å². The smallest absolute Gasteiger partial charge is 0.346 e. The van der Waals surface area contributed by atoms with E-state index in [2.05, 4.69) is 0 Å². The molecule has 0 aliphatic rings. The van der Waals surface area contributed by atoms with Gasteiger partial charge in [0.2, 0.25) is 0 Å². The number of esters is 2. The second-order valence-electron chi connectivity index (χ2n) is 4.56. The van der Waals surface area contributed by atoms with E-state index in [-0.39, 0.29) is 22.6 Å². The van der Waals surface area contributed by atoms with E-state index in [4.69, 9.17) is 16.2 Å². The summed E-state index contributed by atoms with van der Waals surface area (Å²) in [5.74, 6) is -1.91. The predicted octanol–water partition coefficient (Wildman–Crippen LogP) is 1.86. The monoisotopic (exact) mass is 286 g/mol. The summed E-state index contributed by atoms with van der Waals surface area (Å²) in [6, 6.07) is 8.34. The molecule has 0 fully saturated rings. The minimum atomic E-state index is -0.901. The zero-order valence-electron chi connectivity index (χ0n) is 11.3. The van der Waals surface area contributed by atoms with Gasteiger partial charge in [-0.2, -0.15) is 0 Å². The van der Waals surface area contributed by atoms with E-state index in [1.54, 1.807) is 13.0 Å². The second-order valence-corrected chi connectivity index (χ2v) is 4.56. The van der Waals surface area contributed by atoms with Crippen LogP contribution in [0.2, 0.25) is 0 Å². The maximum absolute atomic E-state index is 11.9. The minimum Gasteiger partial charge on any atom is -0.508 e. The van der Waals surface area contributed by atoms with Crippen molar-refractivity contribution in [1.82, 2.24) is 0 Å². The van der Waals surface area contributed by atoms with Gasteiger partial charge in [-0.1, -0.05) is 6.07 Å². The van der Waals surface area contributed by atoms with Crippen molar-refractivity contribution in [3.63, 3.8) is 0 Å². The first kappa shape index (κ1) is 14.4. The first-order chi connectivity index (χ1) is 9.86. The number of rotatable bonds is 2. The standard InChI is InChI=1S/C15H14N2O4/c1-8-2-3-9(6-13(8)17)14(19)21-15(20)10-4-11(16)7-12(18)5-10/h2-7,18H,16-17H2,1H3. The van der Waals surface area contributed by atoms with Crippen molar-refractivity contribution in [1.29, 1.82) is 0 Å². The molecule has 6 heteroatoms. The van der Waals surface area contributed by atoms with E-state index in [0.717, 1.165) is 11.6 Å². The van der Waals surface area contributed by atoms with Crippen LogP contribution in [0.25, 0.3) is 0 Å². The molecule has 108 valence electrons. The quantitative estimate of drug-likeness (QED) is 0.441. The normalized spacial score (nSPS) is 10.1. The van der Waals surface area contributed by atoms with Crippen molar-refractivity contribution in [2.45, 2.75) is 6.92 Å². The van der Waals surface area contributed by atoms with Crippen molar-refractivity contribution in [2.24, 2.45) is 0 Å². The molecule has 0 amide bonds. The van der Waals surface area contributed by atoms with E-state index < -0.39 is 11.9 Å². The third kappa shape index (κ3) is 3.30. The van der Waals surface area contributed by atoms with E-state index in [1.807, 2.05) is 0 Å². The molecule has 0 saturated carbocycles. The van der Waals surface area contributed by atoms with Crippen molar-refractivity contribution >= 4 is 23.3 Å². The van der Waals surface area contributed by atoms with Crippen LogP contribution in [0.3, 0.4) is 0 Å². The Morgan fingerprint density at radius 2 is 1.67 bits per heavy atom. The fourth-order valence-electron chi connectivity index (χ4n) is 1.72.